The SMILES string of the molecule is O=C(Nc1ccc(N2CCCC2)cc1)c1ccoc1. The third-order valence-electron chi connectivity index (χ3n) is 3.38. The number of carbonyl (C=O) groups excluding carboxylic acids is 1. The van der Waals surface area contributed by atoms with E-state index in [1.54, 1.807) is 6.07 Å². The first-order valence-corrected chi connectivity index (χ1v) is 6.51. The Morgan fingerprint density at radius 1 is 1.11 bits per heavy atom. The van der Waals surface area contributed by atoms with Crippen LogP contribution in [0.3, 0.4) is 0 Å². The lowest BCUT2D eigenvalue weighted by Crippen LogP contribution is -2.17. The second-order valence-corrected chi connectivity index (χ2v) is 4.71. The molecule has 2 heterocycles. The number of nitrogens with one attached hydrogen (secondary N) is 1. The fourth-order valence-corrected chi connectivity index (χ4v) is 2.33. The first kappa shape index (κ1) is 11.8. The second kappa shape index (κ2) is 5.18. The maximum absolute atomic E-state index is 11.8. The summed E-state index contributed by atoms with van der Waals surface area (Å²) in [6, 6.07) is 9.62. The van der Waals surface area contributed by atoms with Crippen LogP contribution in [0.1, 0.15) is 23.2 Å². The second-order valence-electron chi connectivity index (χ2n) is 4.71. The van der Waals surface area contributed by atoms with Gasteiger partial charge in [-0.05, 0) is 43.2 Å². The van der Waals surface area contributed by atoms with Crippen molar-refractivity contribution in [3.05, 3.63) is 48.4 Å². The van der Waals surface area contributed by atoms with Gasteiger partial charge < -0.3 is 14.6 Å². The molecular weight excluding hydrogens is 240 g/mol. The Bertz CT molecular complexity index is 540. The molecule has 1 aliphatic rings. The van der Waals surface area contributed by atoms with E-state index in [-0.39, 0.29) is 5.91 Å². The zero-order chi connectivity index (χ0) is 13.1. The molecule has 0 atom stereocenters. The molecule has 4 heteroatoms. The molecule has 1 aliphatic heterocycles. The highest BCUT2D eigenvalue weighted by atomic mass is 16.3. The van der Waals surface area contributed by atoms with Crippen LogP contribution in [0.2, 0.25) is 0 Å². The van der Waals surface area contributed by atoms with Crippen molar-refractivity contribution in [1.29, 1.82) is 0 Å². The van der Waals surface area contributed by atoms with Crippen molar-refractivity contribution in [3.8, 4) is 0 Å². The summed E-state index contributed by atoms with van der Waals surface area (Å²) in [5, 5.41) is 2.84. The molecule has 2 aromatic rings. The van der Waals surface area contributed by atoms with E-state index in [1.807, 2.05) is 12.1 Å². The number of benzene rings is 1. The van der Waals surface area contributed by atoms with Gasteiger partial charge in [-0.25, -0.2) is 0 Å². The average molecular weight is 256 g/mol. The van der Waals surface area contributed by atoms with Gasteiger partial charge in [0, 0.05) is 24.5 Å². The molecule has 1 fully saturated rings. The summed E-state index contributed by atoms with van der Waals surface area (Å²) >= 11 is 0. The molecule has 0 saturated carbocycles. The van der Waals surface area contributed by atoms with Crippen molar-refractivity contribution < 1.29 is 9.21 Å². The number of furan rings is 1. The van der Waals surface area contributed by atoms with Gasteiger partial charge in [0.1, 0.15) is 6.26 Å². The Hall–Kier alpha value is -2.23. The Labute approximate surface area is 112 Å². The van der Waals surface area contributed by atoms with Crippen LogP contribution < -0.4 is 10.2 Å². The molecule has 1 amide bonds. The minimum Gasteiger partial charge on any atom is -0.472 e. The van der Waals surface area contributed by atoms with Crippen LogP contribution in [0, 0.1) is 0 Å². The molecule has 0 bridgehead atoms. The standard InChI is InChI=1S/C15H16N2O2/c18-15(12-7-10-19-11-12)16-13-3-5-14(6-4-13)17-8-1-2-9-17/h3-7,10-11H,1-2,8-9H2,(H,16,18). The highest BCUT2D eigenvalue weighted by Gasteiger charge is 2.12. The number of nitrogens with zero attached hydrogens (tertiary/aromatic N) is 1. The summed E-state index contributed by atoms with van der Waals surface area (Å²) < 4.78 is 4.89. The maximum atomic E-state index is 11.8. The van der Waals surface area contributed by atoms with Crippen molar-refractivity contribution in [2.45, 2.75) is 12.8 Å². The molecule has 3 rings (SSSR count). The zero-order valence-electron chi connectivity index (χ0n) is 10.6. The van der Waals surface area contributed by atoms with E-state index in [4.69, 9.17) is 4.42 Å². The van der Waals surface area contributed by atoms with E-state index in [0.717, 1.165) is 18.8 Å². The number of anilines is 2. The lowest BCUT2D eigenvalue weighted by atomic mass is 10.2. The predicted octanol–water partition coefficient (Wildman–Crippen LogP) is 3.13. The molecule has 0 spiro atoms. The van der Waals surface area contributed by atoms with Gasteiger partial charge in [0.15, 0.2) is 0 Å². The Morgan fingerprint density at radius 2 is 1.84 bits per heavy atom. The van der Waals surface area contributed by atoms with Crippen molar-refractivity contribution >= 4 is 17.3 Å². The summed E-state index contributed by atoms with van der Waals surface area (Å²) in [4.78, 5) is 14.2. The monoisotopic (exact) mass is 256 g/mol. The quantitative estimate of drug-likeness (QED) is 0.917. The van der Waals surface area contributed by atoms with Gasteiger partial charge in [-0.1, -0.05) is 0 Å². The third-order valence-corrected chi connectivity index (χ3v) is 3.38. The van der Waals surface area contributed by atoms with Crippen molar-refractivity contribution in [2.75, 3.05) is 23.3 Å². The summed E-state index contributed by atoms with van der Waals surface area (Å²) in [5.74, 6) is -0.150. The summed E-state index contributed by atoms with van der Waals surface area (Å²) in [6.45, 7) is 2.25. The fourth-order valence-electron chi connectivity index (χ4n) is 2.33. The molecule has 4 nitrogen and oxygen atoms in total. The van der Waals surface area contributed by atoms with Gasteiger partial charge in [-0.3, -0.25) is 4.79 Å². The van der Waals surface area contributed by atoms with Crippen LogP contribution in [0.25, 0.3) is 0 Å². The molecular formula is C15H16N2O2. The minimum absolute atomic E-state index is 0.150. The van der Waals surface area contributed by atoms with Crippen LogP contribution in [-0.4, -0.2) is 19.0 Å². The van der Waals surface area contributed by atoms with E-state index in [0.29, 0.717) is 5.56 Å². The first-order chi connectivity index (χ1) is 9.33. The number of hydrogen-bond acceptors (Lipinski definition) is 3. The normalized spacial score (nSPS) is 14.6. The Kier molecular flexibility index (Phi) is 3.23. The van der Waals surface area contributed by atoms with Gasteiger partial charge in [-0.2, -0.15) is 0 Å². The van der Waals surface area contributed by atoms with E-state index >= 15 is 0 Å². The number of hydrogen-bond donors (Lipinski definition) is 1. The fraction of sp³-hybridized carbons (Fsp3) is 0.267. The average Bonchev–Trinajstić information content (AvgIpc) is 3.13. The van der Waals surface area contributed by atoms with Crippen LogP contribution in [0.15, 0.2) is 47.3 Å². The van der Waals surface area contributed by atoms with Crippen LogP contribution >= 0.6 is 0 Å². The van der Waals surface area contributed by atoms with Gasteiger partial charge in [0.05, 0.1) is 11.8 Å². The number of rotatable bonds is 3. The van der Waals surface area contributed by atoms with E-state index in [1.165, 1.54) is 31.1 Å². The van der Waals surface area contributed by atoms with Gasteiger partial charge in [0.2, 0.25) is 0 Å². The van der Waals surface area contributed by atoms with E-state index in [2.05, 4.69) is 22.3 Å². The van der Waals surface area contributed by atoms with Gasteiger partial charge in [-0.15, -0.1) is 0 Å². The van der Waals surface area contributed by atoms with Crippen LogP contribution in [0.4, 0.5) is 11.4 Å². The van der Waals surface area contributed by atoms with Gasteiger partial charge >= 0.3 is 0 Å². The van der Waals surface area contributed by atoms with E-state index in [9.17, 15) is 4.79 Å². The molecule has 0 aliphatic carbocycles. The number of carbonyl (C=O) groups is 1. The Morgan fingerprint density at radius 3 is 2.47 bits per heavy atom. The van der Waals surface area contributed by atoms with Crippen LogP contribution in [-0.2, 0) is 0 Å². The Balaban J connectivity index is 1.67. The molecule has 1 aromatic heterocycles. The molecule has 98 valence electrons. The summed E-state index contributed by atoms with van der Waals surface area (Å²) in [5.41, 5.74) is 2.55. The zero-order valence-corrected chi connectivity index (χ0v) is 10.6. The first-order valence-electron chi connectivity index (χ1n) is 6.51. The third kappa shape index (κ3) is 2.62. The topological polar surface area (TPSA) is 45.5 Å². The maximum Gasteiger partial charge on any atom is 0.258 e. The summed E-state index contributed by atoms with van der Waals surface area (Å²) in [7, 11) is 0. The molecule has 19 heavy (non-hydrogen) atoms. The lowest BCUT2D eigenvalue weighted by molar-refractivity contribution is 0.102. The number of amides is 1. The highest BCUT2D eigenvalue weighted by molar-refractivity contribution is 6.04. The van der Waals surface area contributed by atoms with E-state index < -0.39 is 0 Å². The largest absolute Gasteiger partial charge is 0.472 e. The predicted molar refractivity (Wildman–Crippen MR) is 74.6 cm³/mol. The van der Waals surface area contributed by atoms with Crippen molar-refractivity contribution in [2.24, 2.45) is 0 Å². The highest BCUT2D eigenvalue weighted by Crippen LogP contribution is 2.22. The van der Waals surface area contributed by atoms with Crippen molar-refractivity contribution in [3.63, 3.8) is 0 Å². The molecule has 1 saturated heterocycles. The van der Waals surface area contributed by atoms with Crippen molar-refractivity contribution in [1.82, 2.24) is 0 Å². The lowest BCUT2D eigenvalue weighted by Gasteiger charge is -2.17. The molecule has 1 N–H and O–H groups in total. The smallest absolute Gasteiger partial charge is 0.258 e. The molecule has 0 radical (unpaired) electrons. The molecule has 1 aromatic carbocycles. The molecule has 0 unspecified atom stereocenters. The van der Waals surface area contributed by atoms with Crippen LogP contribution in [0.5, 0.6) is 0 Å². The van der Waals surface area contributed by atoms with Gasteiger partial charge in [0.25, 0.3) is 5.91 Å². The summed E-state index contributed by atoms with van der Waals surface area (Å²) in [6.07, 6.45) is 5.46. The minimum atomic E-state index is -0.150.